The van der Waals surface area contributed by atoms with Gasteiger partial charge in [-0.25, -0.2) is 22.9 Å². The maximum atomic E-state index is 12.1. The van der Waals surface area contributed by atoms with Crippen molar-refractivity contribution in [2.45, 2.75) is 18.2 Å². The molecule has 1 aromatic carbocycles. The lowest BCUT2D eigenvalue weighted by Gasteiger charge is -2.08. The summed E-state index contributed by atoms with van der Waals surface area (Å²) in [4.78, 5) is 29.0. The fourth-order valence-corrected chi connectivity index (χ4v) is 3.08. The molecule has 0 saturated heterocycles. The Morgan fingerprint density at radius 2 is 1.88 bits per heavy atom. The fourth-order valence-electron chi connectivity index (χ4n) is 2.01. The number of aromatic carboxylic acids is 1. The minimum atomic E-state index is -3.60. The van der Waals surface area contributed by atoms with Crippen LogP contribution in [0.4, 0.5) is 0 Å². The van der Waals surface area contributed by atoms with E-state index in [2.05, 4.69) is 20.0 Å². The van der Waals surface area contributed by atoms with E-state index in [1.165, 1.54) is 12.1 Å². The van der Waals surface area contributed by atoms with Gasteiger partial charge >= 0.3 is 5.97 Å². The van der Waals surface area contributed by atoms with Gasteiger partial charge in [0.15, 0.2) is 11.4 Å². The monoisotopic (exact) mass is 366 g/mol. The molecule has 9 nitrogen and oxygen atoms in total. The number of carbonyl (C=O) groups excluding carboxylic acids is 1. The molecule has 0 bridgehead atoms. The summed E-state index contributed by atoms with van der Waals surface area (Å²) in [6.45, 7) is 2.16. The molecule has 1 aromatic heterocycles. The zero-order chi connectivity index (χ0) is 18.4. The highest BCUT2D eigenvalue weighted by Gasteiger charge is 2.19. The summed E-state index contributed by atoms with van der Waals surface area (Å²) in [7, 11) is -3.60. The molecule has 0 unspecified atom stereocenters. The van der Waals surface area contributed by atoms with Gasteiger partial charge in [-0.15, -0.1) is 0 Å². The number of imidazole rings is 1. The molecule has 10 heteroatoms. The van der Waals surface area contributed by atoms with Crippen LogP contribution >= 0.6 is 0 Å². The van der Waals surface area contributed by atoms with Crippen LogP contribution in [0.5, 0.6) is 0 Å². The summed E-state index contributed by atoms with van der Waals surface area (Å²) in [6.07, 6.45) is 1.46. The van der Waals surface area contributed by atoms with Crippen LogP contribution < -0.4 is 10.0 Å². The average Bonchev–Trinajstić information content (AvgIpc) is 3.04. The molecule has 25 heavy (non-hydrogen) atoms. The smallest absolute Gasteiger partial charge is 0.354 e. The van der Waals surface area contributed by atoms with Gasteiger partial charge in [-0.3, -0.25) is 4.79 Å². The minimum Gasteiger partial charge on any atom is -0.477 e. The van der Waals surface area contributed by atoms with Gasteiger partial charge in [0.1, 0.15) is 0 Å². The third kappa shape index (κ3) is 4.88. The summed E-state index contributed by atoms with van der Waals surface area (Å²) in [5.74, 6) is -1.92. The molecule has 4 N–H and O–H groups in total. The summed E-state index contributed by atoms with van der Waals surface area (Å²) < 4.78 is 26.6. The number of aromatic nitrogens is 2. The van der Waals surface area contributed by atoms with Gasteiger partial charge in [-0.1, -0.05) is 17.7 Å². The lowest BCUT2D eigenvalue weighted by molar-refractivity contribution is 0.0685. The molecule has 0 aliphatic heterocycles. The normalized spacial score (nSPS) is 11.2. The summed E-state index contributed by atoms with van der Waals surface area (Å²) in [5.41, 5.74) is 0.450. The predicted molar refractivity (Wildman–Crippen MR) is 88.9 cm³/mol. The van der Waals surface area contributed by atoms with Gasteiger partial charge in [-0.2, -0.15) is 0 Å². The fraction of sp³-hybridized carbons (Fsp3) is 0.267. The number of rotatable bonds is 8. The minimum absolute atomic E-state index is 0.128. The van der Waals surface area contributed by atoms with Crippen LogP contribution in [0, 0.1) is 6.92 Å². The molecule has 0 aliphatic rings. The van der Waals surface area contributed by atoms with Crippen molar-refractivity contribution in [3.63, 3.8) is 0 Å². The number of hydrogen-bond donors (Lipinski definition) is 4. The van der Waals surface area contributed by atoms with E-state index in [4.69, 9.17) is 5.11 Å². The standard InChI is InChI=1S/C15H18N4O5S/c1-10-3-5-11(6-4-10)25(23,24)19-8-2-7-16-14(20)12-13(15(21)22)18-9-17-12/h3-6,9,19H,2,7-8H2,1H3,(H,16,20)(H,17,18)(H,21,22). The van der Waals surface area contributed by atoms with Crippen LogP contribution in [-0.4, -0.2) is 48.5 Å². The zero-order valence-electron chi connectivity index (χ0n) is 13.4. The van der Waals surface area contributed by atoms with Gasteiger partial charge in [-0.05, 0) is 25.5 Å². The van der Waals surface area contributed by atoms with Gasteiger partial charge in [0.2, 0.25) is 10.0 Å². The lowest BCUT2D eigenvalue weighted by atomic mass is 10.2. The molecule has 2 rings (SSSR count). The molecule has 0 aliphatic carbocycles. The number of hydrogen-bond acceptors (Lipinski definition) is 5. The molecule has 0 radical (unpaired) electrons. The van der Waals surface area contributed by atoms with Crippen LogP contribution in [0.15, 0.2) is 35.5 Å². The van der Waals surface area contributed by atoms with Crippen molar-refractivity contribution in [1.82, 2.24) is 20.0 Å². The van der Waals surface area contributed by atoms with Crippen molar-refractivity contribution < 1.29 is 23.1 Å². The van der Waals surface area contributed by atoms with Gasteiger partial charge in [0.05, 0.1) is 11.2 Å². The Kier molecular flexibility index (Phi) is 5.88. The summed E-state index contributed by atoms with van der Waals surface area (Å²) >= 11 is 0. The molecule has 0 atom stereocenters. The molecule has 134 valence electrons. The van der Waals surface area contributed by atoms with E-state index in [1.807, 2.05) is 6.92 Å². The second-order valence-electron chi connectivity index (χ2n) is 5.25. The maximum Gasteiger partial charge on any atom is 0.354 e. The van der Waals surface area contributed by atoms with E-state index in [-0.39, 0.29) is 29.4 Å². The van der Waals surface area contributed by atoms with Crippen LogP contribution in [0.25, 0.3) is 0 Å². The number of nitrogens with one attached hydrogen (secondary N) is 3. The van der Waals surface area contributed by atoms with Crippen molar-refractivity contribution >= 4 is 21.9 Å². The number of H-pyrrole nitrogens is 1. The van der Waals surface area contributed by atoms with Crippen LogP contribution in [-0.2, 0) is 10.0 Å². The third-order valence-corrected chi connectivity index (χ3v) is 4.81. The zero-order valence-corrected chi connectivity index (χ0v) is 14.3. The lowest BCUT2D eigenvalue weighted by Crippen LogP contribution is -2.30. The van der Waals surface area contributed by atoms with E-state index in [1.54, 1.807) is 12.1 Å². The molecule has 1 heterocycles. The van der Waals surface area contributed by atoms with Crippen molar-refractivity contribution in [2.75, 3.05) is 13.1 Å². The van der Waals surface area contributed by atoms with Crippen LogP contribution in [0.1, 0.15) is 33.0 Å². The number of sulfonamides is 1. The number of carboxylic acids is 1. The predicted octanol–water partition coefficient (Wildman–Crippen LogP) is 0.515. The van der Waals surface area contributed by atoms with E-state index >= 15 is 0 Å². The summed E-state index contributed by atoms with van der Waals surface area (Å²) in [6, 6.07) is 6.45. The average molecular weight is 366 g/mol. The first-order valence-electron chi connectivity index (χ1n) is 7.42. The highest BCUT2D eigenvalue weighted by Crippen LogP contribution is 2.09. The van der Waals surface area contributed by atoms with Crippen molar-refractivity contribution in [3.8, 4) is 0 Å². The van der Waals surface area contributed by atoms with Crippen LogP contribution in [0.3, 0.4) is 0 Å². The van der Waals surface area contributed by atoms with E-state index in [0.29, 0.717) is 6.42 Å². The molecular weight excluding hydrogens is 348 g/mol. The topological polar surface area (TPSA) is 141 Å². The Balaban J connectivity index is 1.79. The number of nitrogens with zero attached hydrogens (tertiary/aromatic N) is 1. The molecule has 1 amide bonds. The first-order valence-corrected chi connectivity index (χ1v) is 8.91. The second-order valence-corrected chi connectivity index (χ2v) is 7.02. The third-order valence-electron chi connectivity index (χ3n) is 3.33. The molecule has 0 spiro atoms. The highest BCUT2D eigenvalue weighted by molar-refractivity contribution is 7.89. The SMILES string of the molecule is Cc1ccc(S(=O)(=O)NCCCNC(=O)c2nc[nH]c2C(=O)O)cc1. The molecule has 0 fully saturated rings. The Labute approximate surface area is 144 Å². The number of amides is 1. The Hall–Kier alpha value is -2.72. The Bertz CT molecular complexity index is 858. The number of aromatic amines is 1. The van der Waals surface area contributed by atoms with Gasteiger partial charge in [0, 0.05) is 13.1 Å². The maximum absolute atomic E-state index is 12.1. The quantitative estimate of drug-likeness (QED) is 0.502. The number of carboxylic acid groups (broad SMARTS) is 1. The molecule has 0 saturated carbocycles. The molecule has 2 aromatic rings. The van der Waals surface area contributed by atoms with Crippen molar-refractivity contribution in [3.05, 3.63) is 47.5 Å². The van der Waals surface area contributed by atoms with Gasteiger partial charge in [0.25, 0.3) is 5.91 Å². The second kappa shape index (κ2) is 7.90. The Morgan fingerprint density at radius 3 is 2.52 bits per heavy atom. The summed E-state index contributed by atoms with van der Waals surface area (Å²) in [5, 5.41) is 11.4. The molecular formula is C15H18N4O5S. The van der Waals surface area contributed by atoms with E-state index in [0.717, 1.165) is 11.9 Å². The Morgan fingerprint density at radius 1 is 1.20 bits per heavy atom. The van der Waals surface area contributed by atoms with E-state index in [9.17, 15) is 18.0 Å². The highest BCUT2D eigenvalue weighted by atomic mass is 32.2. The number of aryl methyl sites for hydroxylation is 1. The first-order chi connectivity index (χ1) is 11.8. The van der Waals surface area contributed by atoms with E-state index < -0.39 is 21.9 Å². The van der Waals surface area contributed by atoms with Gasteiger partial charge < -0.3 is 15.4 Å². The number of benzene rings is 1. The number of carbonyl (C=O) groups is 2. The van der Waals surface area contributed by atoms with Crippen molar-refractivity contribution in [1.29, 1.82) is 0 Å². The largest absolute Gasteiger partial charge is 0.477 e. The first kappa shape index (κ1) is 18.6. The van der Waals surface area contributed by atoms with Crippen molar-refractivity contribution in [2.24, 2.45) is 0 Å². The van der Waals surface area contributed by atoms with Crippen LogP contribution in [0.2, 0.25) is 0 Å².